The minimum Gasteiger partial charge on any atom is -0.481 e. The number of hydrogen-bond donors (Lipinski definition) is 1. The molecule has 3 saturated carbocycles. The first-order valence-corrected chi connectivity index (χ1v) is 9.08. The lowest BCUT2D eigenvalue weighted by atomic mass is 9.35. The van der Waals surface area contributed by atoms with Crippen LogP contribution in [0.3, 0.4) is 0 Å². The largest absolute Gasteiger partial charge is 0.481 e. The molecule has 5 heteroatoms. The van der Waals surface area contributed by atoms with E-state index in [0.29, 0.717) is 11.3 Å². The Morgan fingerprint density at radius 2 is 1.74 bits per heavy atom. The minimum absolute atomic E-state index is 0.299. The molecule has 0 unspecified atom stereocenters. The fourth-order valence-corrected chi connectivity index (χ4v) is 5.85. The van der Waals surface area contributed by atoms with Gasteiger partial charge in [0.1, 0.15) is 0 Å². The standard InChI is InChI=1S/C18H21Cl2NO2/c19-13-2-1-3-14(20)15(13)12-4-6-21(7-5-12)11-17-8-18(9-17,10-17)16(22)23/h1-3,12H,4-11H2,(H,22,23). The predicted molar refractivity (Wildman–Crippen MR) is 91.2 cm³/mol. The number of piperidine rings is 1. The van der Waals surface area contributed by atoms with Gasteiger partial charge in [-0.2, -0.15) is 0 Å². The number of benzene rings is 1. The zero-order valence-corrected chi connectivity index (χ0v) is 14.5. The molecule has 4 aliphatic rings. The van der Waals surface area contributed by atoms with Crippen molar-refractivity contribution in [3.8, 4) is 0 Å². The lowest BCUT2D eigenvalue weighted by molar-refractivity contribution is -0.228. The highest BCUT2D eigenvalue weighted by Gasteiger charge is 2.71. The Balaban J connectivity index is 1.33. The normalized spacial score (nSPS) is 33.8. The third-order valence-electron chi connectivity index (χ3n) is 6.15. The zero-order chi connectivity index (χ0) is 16.2. The van der Waals surface area contributed by atoms with Gasteiger partial charge in [-0.25, -0.2) is 0 Å². The van der Waals surface area contributed by atoms with E-state index in [-0.39, 0.29) is 5.41 Å². The summed E-state index contributed by atoms with van der Waals surface area (Å²) in [5, 5.41) is 10.8. The molecule has 1 saturated heterocycles. The number of hydrogen-bond acceptors (Lipinski definition) is 2. The molecule has 2 bridgehead atoms. The van der Waals surface area contributed by atoms with Crippen molar-refractivity contribution in [2.24, 2.45) is 10.8 Å². The Kier molecular flexibility index (Phi) is 3.67. The molecule has 124 valence electrons. The minimum atomic E-state index is -0.591. The first-order chi connectivity index (χ1) is 10.9. The van der Waals surface area contributed by atoms with Crippen LogP contribution in [0.4, 0.5) is 0 Å². The van der Waals surface area contributed by atoms with Gasteiger partial charge in [0, 0.05) is 16.6 Å². The van der Waals surface area contributed by atoms with Crippen LogP contribution in [0.2, 0.25) is 10.0 Å². The first-order valence-electron chi connectivity index (χ1n) is 8.33. The monoisotopic (exact) mass is 353 g/mol. The Bertz CT molecular complexity index is 612. The van der Waals surface area contributed by atoms with E-state index in [9.17, 15) is 9.90 Å². The van der Waals surface area contributed by atoms with Crippen LogP contribution in [0.15, 0.2) is 18.2 Å². The fraction of sp³-hybridized carbons (Fsp3) is 0.611. The number of halogens is 2. The van der Waals surface area contributed by atoms with Crippen LogP contribution in [-0.4, -0.2) is 35.6 Å². The summed E-state index contributed by atoms with van der Waals surface area (Å²) in [6, 6.07) is 5.73. The summed E-state index contributed by atoms with van der Waals surface area (Å²) >= 11 is 12.7. The first kappa shape index (κ1) is 15.7. The number of carboxylic acids is 1. The molecule has 1 aliphatic heterocycles. The van der Waals surface area contributed by atoms with E-state index >= 15 is 0 Å². The molecular formula is C18H21Cl2NO2. The van der Waals surface area contributed by atoms with Crippen molar-refractivity contribution in [3.05, 3.63) is 33.8 Å². The smallest absolute Gasteiger partial charge is 0.309 e. The van der Waals surface area contributed by atoms with E-state index in [1.54, 1.807) is 0 Å². The van der Waals surface area contributed by atoms with Gasteiger partial charge >= 0.3 is 5.97 Å². The fourth-order valence-electron chi connectivity index (χ4n) is 5.15. The topological polar surface area (TPSA) is 40.5 Å². The van der Waals surface area contributed by atoms with Crippen LogP contribution in [-0.2, 0) is 4.79 Å². The van der Waals surface area contributed by atoms with Crippen molar-refractivity contribution >= 4 is 29.2 Å². The predicted octanol–water partition coefficient (Wildman–Crippen LogP) is 4.43. The lowest BCUT2D eigenvalue weighted by Gasteiger charge is -2.69. The van der Waals surface area contributed by atoms with Gasteiger partial charge < -0.3 is 10.0 Å². The second kappa shape index (κ2) is 5.37. The van der Waals surface area contributed by atoms with Gasteiger partial charge in [-0.1, -0.05) is 29.3 Å². The molecule has 4 fully saturated rings. The van der Waals surface area contributed by atoms with Crippen molar-refractivity contribution in [1.29, 1.82) is 0 Å². The zero-order valence-electron chi connectivity index (χ0n) is 13.0. The van der Waals surface area contributed by atoms with Crippen molar-refractivity contribution in [3.63, 3.8) is 0 Å². The van der Waals surface area contributed by atoms with E-state index in [0.717, 1.165) is 67.3 Å². The SMILES string of the molecule is O=C(O)C12CC(CN3CCC(c4c(Cl)cccc4Cl)CC3)(C1)C2. The summed E-state index contributed by atoms with van der Waals surface area (Å²) in [4.78, 5) is 13.7. The number of nitrogens with zero attached hydrogens (tertiary/aromatic N) is 1. The van der Waals surface area contributed by atoms with Crippen LogP contribution in [0.25, 0.3) is 0 Å². The Hall–Kier alpha value is -0.770. The van der Waals surface area contributed by atoms with Gasteiger partial charge in [-0.15, -0.1) is 0 Å². The number of likely N-dealkylation sites (tertiary alicyclic amines) is 1. The average Bonchev–Trinajstić information content (AvgIpc) is 2.42. The van der Waals surface area contributed by atoms with Gasteiger partial charge in [-0.05, 0) is 74.2 Å². The Morgan fingerprint density at radius 3 is 2.26 bits per heavy atom. The summed E-state index contributed by atoms with van der Waals surface area (Å²) in [6.45, 7) is 3.16. The van der Waals surface area contributed by atoms with Crippen LogP contribution >= 0.6 is 23.2 Å². The molecule has 0 radical (unpaired) electrons. The lowest BCUT2D eigenvalue weighted by Crippen LogP contribution is -2.68. The third kappa shape index (κ3) is 2.48. The van der Waals surface area contributed by atoms with Crippen molar-refractivity contribution in [2.45, 2.75) is 38.0 Å². The number of aliphatic carboxylic acids is 1. The quantitative estimate of drug-likeness (QED) is 0.870. The molecule has 1 aromatic carbocycles. The highest BCUT2D eigenvalue weighted by atomic mass is 35.5. The van der Waals surface area contributed by atoms with Crippen LogP contribution in [0.1, 0.15) is 43.6 Å². The van der Waals surface area contributed by atoms with Crippen molar-refractivity contribution < 1.29 is 9.90 Å². The van der Waals surface area contributed by atoms with Gasteiger partial charge in [0.25, 0.3) is 0 Å². The summed E-state index contributed by atoms with van der Waals surface area (Å²) in [7, 11) is 0. The van der Waals surface area contributed by atoms with E-state index < -0.39 is 5.97 Å². The molecule has 0 amide bonds. The van der Waals surface area contributed by atoms with Gasteiger partial charge in [0.05, 0.1) is 5.41 Å². The molecule has 5 rings (SSSR count). The van der Waals surface area contributed by atoms with E-state index in [4.69, 9.17) is 23.2 Å². The highest BCUT2D eigenvalue weighted by molar-refractivity contribution is 6.36. The van der Waals surface area contributed by atoms with Crippen molar-refractivity contribution in [2.75, 3.05) is 19.6 Å². The summed E-state index contributed by atoms with van der Waals surface area (Å²) in [5.41, 5.74) is 1.04. The molecule has 1 aromatic rings. The maximum Gasteiger partial charge on any atom is 0.309 e. The Labute approximate surface area is 146 Å². The third-order valence-corrected chi connectivity index (χ3v) is 6.81. The van der Waals surface area contributed by atoms with Gasteiger partial charge in [0.15, 0.2) is 0 Å². The maximum atomic E-state index is 11.2. The van der Waals surface area contributed by atoms with E-state index in [2.05, 4.69) is 4.90 Å². The molecule has 1 N–H and O–H groups in total. The maximum absolute atomic E-state index is 11.2. The van der Waals surface area contributed by atoms with E-state index in [1.165, 1.54) is 0 Å². The summed E-state index contributed by atoms with van der Waals surface area (Å²) in [5.74, 6) is -0.155. The summed E-state index contributed by atoms with van der Waals surface area (Å²) < 4.78 is 0. The highest BCUT2D eigenvalue weighted by Crippen LogP contribution is 2.73. The van der Waals surface area contributed by atoms with E-state index in [1.807, 2.05) is 18.2 Å². The second-order valence-electron chi connectivity index (χ2n) is 7.80. The summed E-state index contributed by atoms with van der Waals surface area (Å²) in [6.07, 6.45) is 4.79. The second-order valence-corrected chi connectivity index (χ2v) is 8.62. The van der Waals surface area contributed by atoms with Crippen LogP contribution in [0, 0.1) is 10.8 Å². The van der Waals surface area contributed by atoms with Crippen molar-refractivity contribution in [1.82, 2.24) is 4.90 Å². The number of carboxylic acid groups (broad SMARTS) is 1. The Morgan fingerprint density at radius 1 is 1.17 bits per heavy atom. The molecule has 3 aliphatic carbocycles. The molecular weight excluding hydrogens is 333 g/mol. The molecule has 3 nitrogen and oxygen atoms in total. The molecule has 23 heavy (non-hydrogen) atoms. The molecule has 0 aromatic heterocycles. The molecule has 0 spiro atoms. The number of rotatable bonds is 4. The van der Waals surface area contributed by atoms with Crippen LogP contribution < -0.4 is 0 Å². The molecule has 1 heterocycles. The average molecular weight is 354 g/mol. The van der Waals surface area contributed by atoms with Gasteiger partial charge in [-0.3, -0.25) is 4.79 Å². The number of carbonyl (C=O) groups is 1. The van der Waals surface area contributed by atoms with Gasteiger partial charge in [0.2, 0.25) is 0 Å². The molecule has 0 atom stereocenters. The van der Waals surface area contributed by atoms with Crippen LogP contribution in [0.5, 0.6) is 0 Å².